The topological polar surface area (TPSA) is 141 Å². The molecule has 4 aromatic rings. The number of hydrogen-bond acceptors (Lipinski definition) is 9. The van der Waals surface area contributed by atoms with Gasteiger partial charge in [0, 0.05) is 24.7 Å². The highest BCUT2D eigenvalue weighted by atomic mass is 35.5. The van der Waals surface area contributed by atoms with Crippen LogP contribution in [0.15, 0.2) is 36.5 Å². The van der Waals surface area contributed by atoms with Gasteiger partial charge in [-0.25, -0.2) is 15.0 Å². The van der Waals surface area contributed by atoms with Gasteiger partial charge in [-0.05, 0) is 41.6 Å². The van der Waals surface area contributed by atoms with Crippen molar-refractivity contribution in [1.82, 2.24) is 24.6 Å². The van der Waals surface area contributed by atoms with Gasteiger partial charge in [-0.1, -0.05) is 16.1 Å². The Labute approximate surface area is 180 Å². The monoisotopic (exact) mass is 441 g/mol. The standard InChI is InChI=1S/C19H16ClN7O4/c1-10-18(20)19(24-11(2)23-10)22-8-12-5-13(28)7-14(6-12)31-16-4-3-15-21-9-17(27(29)30)26(15)25-16/h3-7,9,28H,8H2,1-2H3,(H,22,23,24). The summed E-state index contributed by atoms with van der Waals surface area (Å²) in [5.41, 5.74) is 1.66. The Hall–Kier alpha value is -3.99. The summed E-state index contributed by atoms with van der Waals surface area (Å²) < 4.78 is 6.78. The molecule has 11 nitrogen and oxygen atoms in total. The third-order valence-electron chi connectivity index (χ3n) is 4.27. The first-order valence-electron chi connectivity index (χ1n) is 9.05. The van der Waals surface area contributed by atoms with Gasteiger partial charge in [-0.15, -0.1) is 0 Å². The van der Waals surface area contributed by atoms with Crippen LogP contribution in [-0.4, -0.2) is 34.6 Å². The fraction of sp³-hybridized carbons (Fsp3) is 0.158. The molecule has 158 valence electrons. The molecule has 0 amide bonds. The molecule has 0 atom stereocenters. The van der Waals surface area contributed by atoms with E-state index in [-0.39, 0.29) is 17.4 Å². The van der Waals surface area contributed by atoms with Gasteiger partial charge in [-0.3, -0.25) is 0 Å². The average molecular weight is 442 g/mol. The van der Waals surface area contributed by atoms with Crippen LogP contribution in [0.25, 0.3) is 5.65 Å². The van der Waals surface area contributed by atoms with Crippen molar-refractivity contribution in [3.8, 4) is 17.4 Å². The Morgan fingerprint density at radius 3 is 2.84 bits per heavy atom. The molecule has 0 saturated heterocycles. The number of ether oxygens (including phenoxy) is 1. The lowest BCUT2D eigenvalue weighted by Gasteiger charge is -2.11. The maximum absolute atomic E-state index is 11.1. The number of phenols is 1. The van der Waals surface area contributed by atoms with Gasteiger partial charge in [0.25, 0.3) is 5.88 Å². The summed E-state index contributed by atoms with van der Waals surface area (Å²) in [7, 11) is 0. The van der Waals surface area contributed by atoms with E-state index in [1.165, 1.54) is 12.1 Å². The number of nitrogens with one attached hydrogen (secondary N) is 1. The van der Waals surface area contributed by atoms with E-state index in [4.69, 9.17) is 16.3 Å². The molecule has 0 unspecified atom stereocenters. The van der Waals surface area contributed by atoms with Gasteiger partial charge < -0.3 is 25.3 Å². The van der Waals surface area contributed by atoms with Gasteiger partial charge in [0.1, 0.15) is 34.4 Å². The molecule has 31 heavy (non-hydrogen) atoms. The highest BCUT2D eigenvalue weighted by molar-refractivity contribution is 6.33. The molecular weight excluding hydrogens is 426 g/mol. The van der Waals surface area contributed by atoms with Crippen molar-refractivity contribution in [2.45, 2.75) is 20.4 Å². The van der Waals surface area contributed by atoms with Crippen molar-refractivity contribution < 1.29 is 14.8 Å². The smallest absolute Gasteiger partial charge is 0.368 e. The molecule has 0 saturated carbocycles. The molecule has 1 aromatic carbocycles. The van der Waals surface area contributed by atoms with E-state index in [1.807, 2.05) is 0 Å². The van der Waals surface area contributed by atoms with E-state index < -0.39 is 4.92 Å². The van der Waals surface area contributed by atoms with Gasteiger partial charge in [0.2, 0.25) is 5.65 Å². The molecule has 0 aliphatic carbocycles. The van der Waals surface area contributed by atoms with Crippen molar-refractivity contribution in [2.75, 3.05) is 5.32 Å². The predicted octanol–water partition coefficient (Wildman–Crippen LogP) is 3.81. The van der Waals surface area contributed by atoms with E-state index in [0.717, 1.165) is 10.7 Å². The lowest BCUT2D eigenvalue weighted by molar-refractivity contribution is -0.391. The molecule has 0 fully saturated rings. The van der Waals surface area contributed by atoms with E-state index in [1.54, 1.807) is 32.0 Å². The Kier molecular flexibility index (Phi) is 5.26. The fourth-order valence-corrected chi connectivity index (χ4v) is 3.10. The first-order valence-corrected chi connectivity index (χ1v) is 9.42. The molecule has 0 bridgehead atoms. The number of aryl methyl sites for hydroxylation is 2. The molecule has 0 radical (unpaired) electrons. The third-order valence-corrected chi connectivity index (χ3v) is 4.72. The summed E-state index contributed by atoms with van der Waals surface area (Å²) in [5.74, 6) is 1.16. The molecule has 0 aliphatic heterocycles. The van der Waals surface area contributed by atoms with Crippen LogP contribution in [0.2, 0.25) is 5.02 Å². The number of nitro groups is 1. The normalized spacial score (nSPS) is 10.9. The average Bonchev–Trinajstić information content (AvgIpc) is 3.13. The molecule has 12 heteroatoms. The second kappa shape index (κ2) is 8.03. The van der Waals surface area contributed by atoms with Crippen molar-refractivity contribution in [3.63, 3.8) is 0 Å². The zero-order valence-corrected chi connectivity index (χ0v) is 17.2. The van der Waals surface area contributed by atoms with Crippen LogP contribution in [0.3, 0.4) is 0 Å². The largest absolute Gasteiger partial charge is 0.508 e. The molecular formula is C19H16ClN7O4. The summed E-state index contributed by atoms with van der Waals surface area (Å²) in [5, 5.41) is 28.8. The number of benzene rings is 1. The Balaban J connectivity index is 1.56. The first kappa shape index (κ1) is 20.3. The van der Waals surface area contributed by atoms with E-state index in [9.17, 15) is 15.2 Å². The number of rotatable bonds is 6. The van der Waals surface area contributed by atoms with Crippen LogP contribution in [0, 0.1) is 24.0 Å². The second-order valence-corrected chi connectivity index (χ2v) is 7.00. The number of fused-ring (bicyclic) bond motifs is 1. The predicted molar refractivity (Wildman–Crippen MR) is 112 cm³/mol. The van der Waals surface area contributed by atoms with Crippen LogP contribution in [0.5, 0.6) is 17.4 Å². The van der Waals surface area contributed by atoms with Crippen LogP contribution >= 0.6 is 11.6 Å². The molecule has 0 aliphatic rings. The summed E-state index contributed by atoms with van der Waals surface area (Å²) in [6.07, 6.45) is 1.12. The number of hydrogen-bond donors (Lipinski definition) is 2. The van der Waals surface area contributed by atoms with Crippen LogP contribution < -0.4 is 10.1 Å². The molecule has 4 rings (SSSR count). The Bertz CT molecular complexity index is 1310. The second-order valence-electron chi connectivity index (χ2n) is 6.62. The maximum Gasteiger partial charge on any atom is 0.368 e. The number of aromatic nitrogens is 5. The molecule has 0 spiro atoms. The van der Waals surface area contributed by atoms with Gasteiger partial charge >= 0.3 is 5.82 Å². The number of imidazole rings is 1. The van der Waals surface area contributed by atoms with Crippen LogP contribution in [0.4, 0.5) is 11.6 Å². The maximum atomic E-state index is 11.1. The van der Waals surface area contributed by atoms with Crippen molar-refractivity contribution in [1.29, 1.82) is 0 Å². The van der Waals surface area contributed by atoms with Gasteiger partial charge in [-0.2, -0.15) is 0 Å². The minimum Gasteiger partial charge on any atom is -0.508 e. The zero-order chi connectivity index (χ0) is 22.1. The summed E-state index contributed by atoms with van der Waals surface area (Å²) in [6, 6.07) is 7.73. The quantitative estimate of drug-likeness (QED) is 0.337. The lowest BCUT2D eigenvalue weighted by Crippen LogP contribution is -2.05. The zero-order valence-electron chi connectivity index (χ0n) is 16.4. The number of anilines is 1. The fourth-order valence-electron chi connectivity index (χ4n) is 2.95. The van der Waals surface area contributed by atoms with Crippen molar-refractivity contribution >= 4 is 28.9 Å². The highest BCUT2D eigenvalue weighted by Gasteiger charge is 2.17. The van der Waals surface area contributed by atoms with Crippen molar-refractivity contribution in [2.24, 2.45) is 0 Å². The van der Waals surface area contributed by atoms with E-state index >= 15 is 0 Å². The minimum atomic E-state index is -0.587. The highest BCUT2D eigenvalue weighted by Crippen LogP contribution is 2.28. The summed E-state index contributed by atoms with van der Waals surface area (Å²) in [6.45, 7) is 3.86. The van der Waals surface area contributed by atoms with Crippen LogP contribution in [-0.2, 0) is 6.54 Å². The summed E-state index contributed by atoms with van der Waals surface area (Å²) in [4.78, 5) is 22.9. The molecule has 3 aromatic heterocycles. The molecule has 2 N–H and O–H groups in total. The SMILES string of the molecule is Cc1nc(C)c(Cl)c(NCc2cc(O)cc(Oc3ccc4ncc([N+](=O)[O-])n4n3)c2)n1. The Morgan fingerprint density at radius 1 is 1.26 bits per heavy atom. The molecule has 3 heterocycles. The minimum absolute atomic E-state index is 0.0230. The lowest BCUT2D eigenvalue weighted by atomic mass is 10.2. The van der Waals surface area contributed by atoms with Gasteiger partial charge in [0.05, 0.1) is 5.69 Å². The number of phenolic OH excluding ortho intramolecular Hbond substituents is 1. The number of halogens is 1. The number of aromatic hydroxyl groups is 1. The van der Waals surface area contributed by atoms with Gasteiger partial charge in [0.15, 0.2) is 0 Å². The summed E-state index contributed by atoms with van der Waals surface area (Å²) >= 11 is 6.25. The van der Waals surface area contributed by atoms with E-state index in [2.05, 4.69) is 25.4 Å². The Morgan fingerprint density at radius 2 is 2.06 bits per heavy atom. The number of nitrogens with zero attached hydrogens (tertiary/aromatic N) is 6. The van der Waals surface area contributed by atoms with Crippen molar-refractivity contribution in [3.05, 3.63) is 68.7 Å². The van der Waals surface area contributed by atoms with Crippen LogP contribution in [0.1, 0.15) is 17.1 Å². The third kappa shape index (κ3) is 4.31. The van der Waals surface area contributed by atoms with E-state index in [0.29, 0.717) is 45.9 Å². The first-order chi connectivity index (χ1) is 14.8.